The van der Waals surface area contributed by atoms with Crippen LogP contribution in [-0.2, 0) is 0 Å². The van der Waals surface area contributed by atoms with Crippen LogP contribution in [0.5, 0.6) is 11.5 Å². The molecule has 2 aromatic carbocycles. The summed E-state index contributed by atoms with van der Waals surface area (Å²) in [6.07, 6.45) is 0. The van der Waals surface area contributed by atoms with Gasteiger partial charge in [-0.1, -0.05) is 0 Å². The molecule has 6 heteroatoms. The van der Waals surface area contributed by atoms with Crippen molar-refractivity contribution in [1.82, 2.24) is 0 Å². The zero-order valence-electron chi connectivity index (χ0n) is 10.5. The van der Waals surface area contributed by atoms with E-state index in [1.807, 2.05) is 0 Å². The number of nitrogens with one attached hydrogen (secondary N) is 1. The predicted octanol–water partition coefficient (Wildman–Crippen LogP) is 3.55. The van der Waals surface area contributed by atoms with Gasteiger partial charge < -0.3 is 15.2 Å². The average Bonchev–Trinajstić information content (AvgIpc) is 2.38. The number of carbonyl (C=O) groups is 1. The molecule has 0 bridgehead atoms. The van der Waals surface area contributed by atoms with Gasteiger partial charge in [-0.3, -0.25) is 4.79 Å². The van der Waals surface area contributed by atoms with E-state index in [2.05, 4.69) is 21.2 Å². The van der Waals surface area contributed by atoms with E-state index in [1.165, 1.54) is 37.4 Å². The fraction of sp³-hybridized carbons (Fsp3) is 0.0714. The Labute approximate surface area is 123 Å². The van der Waals surface area contributed by atoms with Gasteiger partial charge in [-0.25, -0.2) is 4.39 Å². The highest BCUT2D eigenvalue weighted by Crippen LogP contribution is 2.29. The van der Waals surface area contributed by atoms with Gasteiger partial charge in [0, 0.05) is 16.2 Å². The summed E-state index contributed by atoms with van der Waals surface area (Å²) in [5.41, 5.74) is 0.700. The monoisotopic (exact) mass is 339 g/mol. The van der Waals surface area contributed by atoms with Crippen LogP contribution < -0.4 is 10.1 Å². The molecule has 0 saturated heterocycles. The molecule has 0 saturated carbocycles. The molecule has 0 unspecified atom stereocenters. The number of hydrogen-bond acceptors (Lipinski definition) is 3. The van der Waals surface area contributed by atoms with Crippen molar-refractivity contribution in [2.24, 2.45) is 0 Å². The van der Waals surface area contributed by atoms with Gasteiger partial charge in [-0.15, -0.1) is 0 Å². The second-order valence-electron chi connectivity index (χ2n) is 3.96. The van der Waals surface area contributed by atoms with Crippen LogP contribution in [0.25, 0.3) is 0 Å². The van der Waals surface area contributed by atoms with Gasteiger partial charge >= 0.3 is 0 Å². The van der Waals surface area contributed by atoms with Crippen LogP contribution in [-0.4, -0.2) is 18.1 Å². The van der Waals surface area contributed by atoms with E-state index in [0.717, 1.165) is 0 Å². The summed E-state index contributed by atoms with van der Waals surface area (Å²) >= 11 is 3.13. The smallest absolute Gasteiger partial charge is 0.256 e. The summed E-state index contributed by atoms with van der Waals surface area (Å²) in [5.74, 6) is -0.619. The maximum absolute atomic E-state index is 13.0. The molecule has 0 spiro atoms. The number of aromatic hydroxyl groups is 1. The third-order valence-electron chi connectivity index (χ3n) is 2.61. The Balaban J connectivity index is 2.21. The van der Waals surface area contributed by atoms with Gasteiger partial charge in [0.05, 0.1) is 12.7 Å². The van der Waals surface area contributed by atoms with Crippen LogP contribution in [0.15, 0.2) is 40.9 Å². The van der Waals surface area contributed by atoms with Crippen LogP contribution in [0.4, 0.5) is 10.1 Å². The molecular weight excluding hydrogens is 329 g/mol. The molecule has 0 aliphatic carbocycles. The summed E-state index contributed by atoms with van der Waals surface area (Å²) in [7, 11) is 1.43. The topological polar surface area (TPSA) is 58.6 Å². The zero-order chi connectivity index (χ0) is 14.7. The number of anilines is 1. The number of methoxy groups -OCH3 is 1. The number of ether oxygens (including phenoxy) is 1. The van der Waals surface area contributed by atoms with Crippen molar-refractivity contribution in [3.63, 3.8) is 0 Å². The van der Waals surface area contributed by atoms with Gasteiger partial charge in [-0.2, -0.15) is 0 Å². The van der Waals surface area contributed by atoms with E-state index < -0.39 is 11.7 Å². The van der Waals surface area contributed by atoms with Crippen molar-refractivity contribution in [3.8, 4) is 11.5 Å². The van der Waals surface area contributed by atoms with Gasteiger partial charge in [0.15, 0.2) is 11.5 Å². The van der Waals surface area contributed by atoms with Crippen LogP contribution >= 0.6 is 15.9 Å². The first kappa shape index (κ1) is 14.3. The Morgan fingerprint density at radius 2 is 2.05 bits per heavy atom. The first-order valence-corrected chi connectivity index (χ1v) is 6.44. The molecule has 0 aliphatic heterocycles. The number of halogens is 2. The fourth-order valence-electron chi connectivity index (χ4n) is 1.64. The van der Waals surface area contributed by atoms with Crippen molar-refractivity contribution in [1.29, 1.82) is 0 Å². The van der Waals surface area contributed by atoms with E-state index in [1.54, 1.807) is 6.07 Å². The van der Waals surface area contributed by atoms with E-state index in [0.29, 0.717) is 21.5 Å². The predicted molar refractivity (Wildman–Crippen MR) is 76.7 cm³/mol. The van der Waals surface area contributed by atoms with Crippen molar-refractivity contribution >= 4 is 27.5 Å². The highest BCUT2D eigenvalue weighted by Gasteiger charge is 2.12. The fourth-order valence-corrected chi connectivity index (χ4v) is 2.17. The lowest BCUT2D eigenvalue weighted by Gasteiger charge is -2.09. The minimum absolute atomic E-state index is 0.0801. The number of amides is 1. The molecule has 0 aliphatic rings. The quantitative estimate of drug-likeness (QED) is 0.898. The Hall–Kier alpha value is -2.08. The van der Waals surface area contributed by atoms with Crippen LogP contribution in [0.2, 0.25) is 0 Å². The maximum atomic E-state index is 13.0. The Morgan fingerprint density at radius 3 is 2.65 bits per heavy atom. The minimum atomic E-state index is -0.435. The Morgan fingerprint density at radius 1 is 1.30 bits per heavy atom. The summed E-state index contributed by atoms with van der Waals surface area (Å²) in [4.78, 5) is 12.0. The SMILES string of the molecule is COc1ccc(NC(=O)c2ccc(F)cc2Br)cc1O. The van der Waals surface area contributed by atoms with Gasteiger partial charge in [0.1, 0.15) is 5.82 Å². The Bertz CT molecular complexity index is 661. The van der Waals surface area contributed by atoms with Crippen LogP contribution in [0.3, 0.4) is 0 Å². The van der Waals surface area contributed by atoms with Gasteiger partial charge in [-0.05, 0) is 46.3 Å². The van der Waals surface area contributed by atoms with E-state index in [-0.39, 0.29) is 5.75 Å². The highest BCUT2D eigenvalue weighted by atomic mass is 79.9. The zero-order valence-corrected chi connectivity index (χ0v) is 12.1. The number of carbonyl (C=O) groups excluding carboxylic acids is 1. The second kappa shape index (κ2) is 5.92. The van der Waals surface area contributed by atoms with Crippen molar-refractivity contribution in [2.75, 3.05) is 12.4 Å². The molecule has 2 aromatic rings. The molecule has 0 radical (unpaired) electrons. The molecule has 2 rings (SSSR count). The summed E-state index contributed by atoms with van der Waals surface area (Å²) in [6, 6.07) is 8.27. The molecule has 0 atom stereocenters. The molecule has 0 heterocycles. The number of benzene rings is 2. The van der Waals surface area contributed by atoms with Crippen molar-refractivity contribution in [3.05, 3.63) is 52.3 Å². The second-order valence-corrected chi connectivity index (χ2v) is 4.82. The molecule has 20 heavy (non-hydrogen) atoms. The highest BCUT2D eigenvalue weighted by molar-refractivity contribution is 9.10. The maximum Gasteiger partial charge on any atom is 0.256 e. The first-order valence-electron chi connectivity index (χ1n) is 5.64. The lowest BCUT2D eigenvalue weighted by Crippen LogP contribution is -2.12. The molecule has 1 amide bonds. The largest absolute Gasteiger partial charge is 0.504 e. The number of phenolic OH excluding ortho intramolecular Hbond substituents is 1. The number of hydrogen-bond donors (Lipinski definition) is 2. The van der Waals surface area contributed by atoms with Crippen molar-refractivity contribution in [2.45, 2.75) is 0 Å². The lowest BCUT2D eigenvalue weighted by atomic mass is 10.2. The third-order valence-corrected chi connectivity index (χ3v) is 3.27. The van der Waals surface area contributed by atoms with Crippen LogP contribution in [0, 0.1) is 5.82 Å². The third kappa shape index (κ3) is 3.08. The number of rotatable bonds is 3. The average molecular weight is 340 g/mol. The molecular formula is C14H11BrFNO3. The lowest BCUT2D eigenvalue weighted by molar-refractivity contribution is 0.102. The van der Waals surface area contributed by atoms with E-state index in [4.69, 9.17) is 4.74 Å². The van der Waals surface area contributed by atoms with Crippen LogP contribution in [0.1, 0.15) is 10.4 Å². The minimum Gasteiger partial charge on any atom is -0.504 e. The normalized spacial score (nSPS) is 10.2. The summed E-state index contributed by atoms with van der Waals surface area (Å²) in [6.45, 7) is 0. The van der Waals surface area contributed by atoms with E-state index >= 15 is 0 Å². The summed E-state index contributed by atoms with van der Waals surface area (Å²) in [5, 5.41) is 12.2. The molecule has 104 valence electrons. The number of phenols is 1. The first-order chi connectivity index (χ1) is 9.51. The molecule has 2 N–H and O–H groups in total. The summed E-state index contributed by atoms with van der Waals surface area (Å²) < 4.78 is 18.2. The van der Waals surface area contributed by atoms with Gasteiger partial charge in [0.25, 0.3) is 5.91 Å². The van der Waals surface area contributed by atoms with E-state index in [9.17, 15) is 14.3 Å². The Kier molecular flexibility index (Phi) is 4.24. The molecule has 4 nitrogen and oxygen atoms in total. The van der Waals surface area contributed by atoms with Crippen molar-refractivity contribution < 1.29 is 19.0 Å². The molecule has 0 fully saturated rings. The van der Waals surface area contributed by atoms with Gasteiger partial charge in [0.2, 0.25) is 0 Å². The molecule has 0 aromatic heterocycles. The standard InChI is InChI=1S/C14H11BrFNO3/c1-20-13-5-3-9(7-12(13)18)17-14(19)10-4-2-8(16)6-11(10)15/h2-7,18H,1H3,(H,17,19).